The number of benzene rings is 3. The lowest BCUT2D eigenvalue weighted by atomic mass is 10.0. The van der Waals surface area contributed by atoms with Gasteiger partial charge in [0.1, 0.15) is 9.80 Å². The quantitative estimate of drug-likeness (QED) is 0.131. The molecule has 0 spiro atoms. The summed E-state index contributed by atoms with van der Waals surface area (Å²) < 4.78 is 79.6. The van der Waals surface area contributed by atoms with Crippen molar-refractivity contribution in [3.63, 3.8) is 0 Å². The molecule has 3 aromatic rings. The Bertz CT molecular complexity index is 1560. The van der Waals surface area contributed by atoms with Gasteiger partial charge in [0, 0.05) is 0 Å². The first-order valence-electron chi connectivity index (χ1n) is 12.8. The van der Waals surface area contributed by atoms with E-state index in [2.05, 4.69) is 5.87 Å². The monoisotopic (exact) mass is 608 g/mol. The second-order valence-corrected chi connectivity index (χ2v) is 14.9. The minimum atomic E-state index is -4.00. The van der Waals surface area contributed by atoms with E-state index < -0.39 is 30.0 Å². The number of hydrogen-bond donors (Lipinski definition) is 0. The lowest BCUT2D eigenvalue weighted by Gasteiger charge is -2.18. The summed E-state index contributed by atoms with van der Waals surface area (Å²) in [6.07, 6.45) is 1.02. The van der Waals surface area contributed by atoms with E-state index in [-0.39, 0.29) is 35.5 Å². The van der Waals surface area contributed by atoms with Crippen LogP contribution in [0.25, 0.3) is 0 Å². The lowest BCUT2D eigenvalue weighted by molar-refractivity contribution is 0.198. The Morgan fingerprint density at radius 1 is 0.575 bits per heavy atom. The fraction of sp³-hybridized carbons (Fsp3) is 0.345. The van der Waals surface area contributed by atoms with Crippen molar-refractivity contribution >= 4 is 35.9 Å². The largest absolute Gasteiger partial charge is 0.296 e. The van der Waals surface area contributed by atoms with Gasteiger partial charge in [-0.05, 0) is 88.2 Å². The molecule has 11 heteroatoms. The summed E-state index contributed by atoms with van der Waals surface area (Å²) in [6, 6.07) is 19.7. The zero-order valence-corrected chi connectivity index (χ0v) is 25.4. The predicted octanol–water partition coefficient (Wildman–Crippen LogP) is 5.22. The Morgan fingerprint density at radius 2 is 1.00 bits per heavy atom. The second-order valence-electron chi connectivity index (χ2n) is 9.69. The highest BCUT2D eigenvalue weighted by Gasteiger charge is 2.20. The molecule has 0 aliphatic carbocycles. The van der Waals surface area contributed by atoms with Gasteiger partial charge in [-0.3, -0.25) is 12.5 Å². The highest BCUT2D eigenvalue weighted by Crippen LogP contribution is 2.21. The van der Waals surface area contributed by atoms with Gasteiger partial charge in [-0.25, -0.2) is 4.21 Å². The van der Waals surface area contributed by atoms with Crippen LogP contribution in [0.2, 0.25) is 0 Å². The smallest absolute Gasteiger partial charge is 0.295 e. The van der Waals surface area contributed by atoms with E-state index in [1.165, 1.54) is 24.3 Å². The SMILES string of the molecule is C=S(=O)(OCCC(CCCOS(=O)(=O)c1ccc(C)cc1)COS(=O)(=O)c1ccc(C)cc1)c1ccc(C)cc1. The maximum atomic E-state index is 13.0. The van der Waals surface area contributed by atoms with Crippen molar-refractivity contribution in [2.45, 2.75) is 54.7 Å². The molecule has 3 aromatic carbocycles. The minimum Gasteiger partial charge on any atom is -0.295 e. The minimum absolute atomic E-state index is 0.0390. The Labute approximate surface area is 238 Å². The fourth-order valence-electron chi connectivity index (χ4n) is 3.75. The molecule has 0 amide bonds. The third kappa shape index (κ3) is 9.53. The molecule has 0 aromatic heterocycles. The summed E-state index contributed by atoms with van der Waals surface area (Å²) in [5.74, 6) is 3.38. The second kappa shape index (κ2) is 13.9. The van der Waals surface area contributed by atoms with Crippen molar-refractivity contribution in [2.75, 3.05) is 19.8 Å². The average Bonchev–Trinajstić information content (AvgIpc) is 2.90. The summed E-state index contributed by atoms with van der Waals surface area (Å²) in [5.41, 5.74) is 2.86. The first-order chi connectivity index (χ1) is 18.8. The predicted molar refractivity (Wildman–Crippen MR) is 157 cm³/mol. The molecule has 0 bridgehead atoms. The molecule has 0 N–H and O–H groups in total. The molecule has 40 heavy (non-hydrogen) atoms. The van der Waals surface area contributed by atoms with Crippen LogP contribution in [-0.4, -0.2) is 46.7 Å². The normalized spacial score (nSPS) is 14.5. The van der Waals surface area contributed by atoms with Gasteiger partial charge in [0.15, 0.2) is 0 Å². The molecule has 0 saturated carbocycles. The van der Waals surface area contributed by atoms with Gasteiger partial charge < -0.3 is 0 Å². The van der Waals surface area contributed by atoms with E-state index in [1.807, 2.05) is 32.9 Å². The van der Waals surface area contributed by atoms with E-state index in [1.54, 1.807) is 36.4 Å². The van der Waals surface area contributed by atoms with E-state index >= 15 is 0 Å². The van der Waals surface area contributed by atoms with Gasteiger partial charge in [0.2, 0.25) is 0 Å². The van der Waals surface area contributed by atoms with Gasteiger partial charge in [0.25, 0.3) is 20.2 Å². The molecular formula is C29H36O8S3. The third-order valence-corrected chi connectivity index (χ3v) is 10.4. The zero-order chi connectivity index (χ0) is 29.4. The molecule has 0 fully saturated rings. The molecule has 218 valence electrons. The summed E-state index contributed by atoms with van der Waals surface area (Å²) >= 11 is 0. The molecule has 2 unspecified atom stereocenters. The van der Waals surface area contributed by atoms with Crippen molar-refractivity contribution in [1.29, 1.82) is 0 Å². The number of aryl methyl sites for hydroxylation is 3. The molecule has 3 rings (SSSR count). The number of hydrogen-bond acceptors (Lipinski definition) is 8. The van der Waals surface area contributed by atoms with E-state index in [4.69, 9.17) is 12.5 Å². The van der Waals surface area contributed by atoms with Gasteiger partial charge >= 0.3 is 0 Å². The van der Waals surface area contributed by atoms with Crippen LogP contribution in [0.3, 0.4) is 0 Å². The molecule has 0 saturated heterocycles. The van der Waals surface area contributed by atoms with Crippen LogP contribution >= 0.6 is 0 Å². The van der Waals surface area contributed by atoms with Crippen molar-refractivity contribution in [2.24, 2.45) is 5.92 Å². The van der Waals surface area contributed by atoms with E-state index in [0.29, 0.717) is 24.2 Å². The van der Waals surface area contributed by atoms with Crippen LogP contribution in [0.4, 0.5) is 0 Å². The highest BCUT2D eigenvalue weighted by molar-refractivity contribution is 7.96. The van der Waals surface area contributed by atoms with Crippen molar-refractivity contribution < 1.29 is 33.6 Å². The topological polar surface area (TPSA) is 113 Å². The summed E-state index contributed by atoms with van der Waals surface area (Å²) in [7, 11) is -10.9. The Morgan fingerprint density at radius 3 is 1.48 bits per heavy atom. The Hall–Kier alpha value is -2.54. The van der Waals surface area contributed by atoms with Crippen molar-refractivity contribution in [3.8, 4) is 0 Å². The summed E-state index contributed by atoms with van der Waals surface area (Å²) in [6.45, 7) is 5.42. The first kappa shape index (κ1) is 32.0. The molecule has 0 aliphatic rings. The highest BCUT2D eigenvalue weighted by atomic mass is 32.2. The third-order valence-electron chi connectivity index (χ3n) is 6.25. The standard InChI is InChI=1S/C29H36O8S3/c1-23-7-13-27(14-8-23)38(4,30)35-21-19-26(22-37-40(33,34)29-17-11-25(3)12-18-29)6-5-20-36-39(31,32)28-15-9-24(2)10-16-28/h7-18,26H,4-6,19-22H2,1-3H3. The number of rotatable bonds is 15. The van der Waals surface area contributed by atoms with Crippen LogP contribution in [0, 0.1) is 26.7 Å². The maximum Gasteiger partial charge on any atom is 0.296 e. The first-order valence-corrected chi connectivity index (χ1v) is 17.3. The molecule has 0 heterocycles. The van der Waals surface area contributed by atoms with Gasteiger partial charge in [-0.2, -0.15) is 16.8 Å². The van der Waals surface area contributed by atoms with Gasteiger partial charge in [0.05, 0.1) is 34.5 Å². The summed E-state index contributed by atoms with van der Waals surface area (Å²) in [5, 5.41) is 0. The molecule has 0 radical (unpaired) electrons. The van der Waals surface area contributed by atoms with Crippen LogP contribution in [-0.2, 0) is 42.6 Å². The van der Waals surface area contributed by atoms with Gasteiger partial charge in [-0.15, -0.1) is 0 Å². The van der Waals surface area contributed by atoms with Crippen LogP contribution in [0.5, 0.6) is 0 Å². The summed E-state index contributed by atoms with van der Waals surface area (Å²) in [4.78, 5) is 0.570. The average molecular weight is 609 g/mol. The molecule has 2 atom stereocenters. The van der Waals surface area contributed by atoms with Crippen molar-refractivity contribution in [1.82, 2.24) is 0 Å². The van der Waals surface area contributed by atoms with Gasteiger partial charge in [-0.1, -0.05) is 53.1 Å². The van der Waals surface area contributed by atoms with E-state index in [9.17, 15) is 21.0 Å². The molecular weight excluding hydrogens is 573 g/mol. The van der Waals surface area contributed by atoms with Crippen LogP contribution in [0.1, 0.15) is 36.0 Å². The van der Waals surface area contributed by atoms with Crippen molar-refractivity contribution in [3.05, 3.63) is 89.5 Å². The van der Waals surface area contributed by atoms with Crippen LogP contribution in [0.15, 0.2) is 87.5 Å². The lowest BCUT2D eigenvalue weighted by Crippen LogP contribution is -2.19. The fourth-order valence-corrected chi connectivity index (χ4v) is 6.72. The Kier molecular flexibility index (Phi) is 11.1. The zero-order valence-electron chi connectivity index (χ0n) is 22.9. The Balaban J connectivity index is 1.61. The van der Waals surface area contributed by atoms with Crippen LogP contribution < -0.4 is 0 Å². The van der Waals surface area contributed by atoms with E-state index in [0.717, 1.165) is 16.7 Å². The maximum absolute atomic E-state index is 13.0. The molecule has 8 nitrogen and oxygen atoms in total. The molecule has 0 aliphatic heterocycles.